The molecule has 1 unspecified atom stereocenters. The second-order valence-corrected chi connectivity index (χ2v) is 4.02. The lowest BCUT2D eigenvalue weighted by atomic mass is 10.2. The third-order valence-corrected chi connectivity index (χ3v) is 2.91. The van der Waals surface area contributed by atoms with Crippen LogP contribution < -0.4 is 11.1 Å². The second kappa shape index (κ2) is 4.60. The highest BCUT2D eigenvalue weighted by atomic mass is 32.1. The van der Waals surface area contributed by atoms with Gasteiger partial charge in [0.05, 0.1) is 0 Å². The zero-order valence-electron chi connectivity index (χ0n) is 7.58. The Balaban J connectivity index is 2.44. The number of thiophene rings is 1. The number of rotatable bonds is 4. The van der Waals surface area contributed by atoms with Gasteiger partial charge in [0, 0.05) is 23.5 Å². The summed E-state index contributed by atoms with van der Waals surface area (Å²) in [5, 5.41) is 5.52. The quantitative estimate of drug-likeness (QED) is 0.748. The van der Waals surface area contributed by atoms with E-state index in [9.17, 15) is 0 Å². The topological polar surface area (TPSA) is 38.0 Å². The second-order valence-electron chi connectivity index (χ2n) is 3.04. The first-order valence-corrected chi connectivity index (χ1v) is 5.11. The third kappa shape index (κ3) is 2.59. The summed E-state index contributed by atoms with van der Waals surface area (Å²) in [4.78, 5) is 1.37. The summed E-state index contributed by atoms with van der Waals surface area (Å²) >= 11 is 1.78. The molecule has 0 amide bonds. The Hall–Kier alpha value is -0.380. The molecule has 0 aliphatic carbocycles. The molecule has 3 heteroatoms. The fourth-order valence-electron chi connectivity index (χ4n) is 1.11. The van der Waals surface area contributed by atoms with Crippen LogP contribution in [0.5, 0.6) is 0 Å². The summed E-state index contributed by atoms with van der Waals surface area (Å²) in [7, 11) is 0. The Morgan fingerprint density at radius 2 is 2.33 bits per heavy atom. The average molecular weight is 184 g/mol. The van der Waals surface area contributed by atoms with Gasteiger partial charge in [0.1, 0.15) is 0 Å². The van der Waals surface area contributed by atoms with Crippen molar-refractivity contribution in [1.29, 1.82) is 0 Å². The lowest BCUT2D eigenvalue weighted by Gasteiger charge is -2.17. The van der Waals surface area contributed by atoms with E-state index in [1.807, 2.05) is 0 Å². The molecule has 0 fully saturated rings. The van der Waals surface area contributed by atoms with Crippen molar-refractivity contribution in [3.8, 4) is 0 Å². The Kier molecular flexibility index (Phi) is 3.72. The van der Waals surface area contributed by atoms with Gasteiger partial charge in [0.25, 0.3) is 0 Å². The summed E-state index contributed by atoms with van der Waals surface area (Å²) in [5.74, 6) is 0. The highest BCUT2D eigenvalue weighted by Gasteiger charge is 2.07. The van der Waals surface area contributed by atoms with Crippen LogP contribution in [0.1, 0.15) is 24.8 Å². The zero-order chi connectivity index (χ0) is 8.97. The first-order chi connectivity index (χ1) is 5.74. The maximum absolute atomic E-state index is 5.51. The maximum atomic E-state index is 5.51. The highest BCUT2D eigenvalue weighted by Crippen LogP contribution is 2.18. The summed E-state index contributed by atoms with van der Waals surface area (Å²) in [6, 6.07) is 5.03. The van der Waals surface area contributed by atoms with Crippen molar-refractivity contribution >= 4 is 11.3 Å². The zero-order valence-corrected chi connectivity index (χ0v) is 8.40. The molecule has 0 bridgehead atoms. The van der Waals surface area contributed by atoms with E-state index in [0.717, 1.165) is 0 Å². The van der Waals surface area contributed by atoms with Crippen LogP contribution in [0.3, 0.4) is 0 Å². The Morgan fingerprint density at radius 1 is 1.58 bits per heavy atom. The van der Waals surface area contributed by atoms with Crippen LogP contribution in [0, 0.1) is 0 Å². The van der Waals surface area contributed by atoms with Gasteiger partial charge < -0.3 is 11.1 Å². The summed E-state index contributed by atoms with van der Waals surface area (Å²) in [6.45, 7) is 4.96. The molecule has 2 atom stereocenters. The minimum Gasteiger partial charge on any atom is -0.329 e. The van der Waals surface area contributed by atoms with E-state index in [4.69, 9.17) is 5.73 Å². The molecule has 1 aromatic rings. The average Bonchev–Trinajstić information content (AvgIpc) is 2.56. The van der Waals surface area contributed by atoms with Gasteiger partial charge in [-0.05, 0) is 25.3 Å². The van der Waals surface area contributed by atoms with E-state index < -0.39 is 0 Å². The number of nitrogens with one attached hydrogen (secondary N) is 1. The highest BCUT2D eigenvalue weighted by molar-refractivity contribution is 7.10. The molecular formula is C9H16N2S. The molecule has 1 rings (SSSR count). The van der Waals surface area contributed by atoms with Crippen molar-refractivity contribution in [2.75, 3.05) is 6.54 Å². The first-order valence-electron chi connectivity index (χ1n) is 4.23. The predicted molar refractivity (Wildman–Crippen MR) is 54.4 cm³/mol. The van der Waals surface area contributed by atoms with Gasteiger partial charge in [-0.1, -0.05) is 6.07 Å². The van der Waals surface area contributed by atoms with Gasteiger partial charge in [0.15, 0.2) is 0 Å². The van der Waals surface area contributed by atoms with Crippen LogP contribution in [0.25, 0.3) is 0 Å². The van der Waals surface area contributed by atoms with E-state index in [1.165, 1.54) is 4.88 Å². The van der Waals surface area contributed by atoms with E-state index >= 15 is 0 Å². The van der Waals surface area contributed by atoms with Crippen molar-refractivity contribution in [3.63, 3.8) is 0 Å². The van der Waals surface area contributed by atoms with E-state index in [0.29, 0.717) is 18.6 Å². The Bertz CT molecular complexity index is 208. The van der Waals surface area contributed by atoms with E-state index in [-0.39, 0.29) is 0 Å². The molecule has 0 aromatic carbocycles. The van der Waals surface area contributed by atoms with Gasteiger partial charge >= 0.3 is 0 Å². The van der Waals surface area contributed by atoms with Crippen LogP contribution in [0.15, 0.2) is 17.5 Å². The molecule has 2 nitrogen and oxygen atoms in total. The largest absolute Gasteiger partial charge is 0.329 e. The summed E-state index contributed by atoms with van der Waals surface area (Å²) in [5.41, 5.74) is 5.51. The molecule has 0 saturated carbocycles. The Morgan fingerprint density at radius 3 is 2.83 bits per heavy atom. The fourth-order valence-corrected chi connectivity index (χ4v) is 1.86. The monoisotopic (exact) mass is 184 g/mol. The van der Waals surface area contributed by atoms with Crippen molar-refractivity contribution in [1.82, 2.24) is 5.32 Å². The lowest BCUT2D eigenvalue weighted by molar-refractivity contribution is 0.490. The smallest absolute Gasteiger partial charge is 0.0388 e. The van der Waals surface area contributed by atoms with Gasteiger partial charge in [-0.2, -0.15) is 0 Å². The first kappa shape index (κ1) is 9.71. The minimum absolute atomic E-state index is 0.391. The molecule has 0 aliphatic rings. The summed E-state index contributed by atoms with van der Waals surface area (Å²) in [6.07, 6.45) is 0. The standard InChI is InChI=1S/C9H16N2S/c1-7(6-10)11-8(2)9-4-3-5-12-9/h3-5,7-8,11H,6,10H2,1-2H3/t7?,8-/m1/s1. The molecule has 0 radical (unpaired) electrons. The van der Waals surface area contributed by atoms with Crippen molar-refractivity contribution < 1.29 is 0 Å². The molecule has 68 valence electrons. The van der Waals surface area contributed by atoms with Crippen molar-refractivity contribution in [3.05, 3.63) is 22.4 Å². The van der Waals surface area contributed by atoms with Gasteiger partial charge in [-0.3, -0.25) is 0 Å². The molecule has 0 spiro atoms. The molecule has 0 saturated heterocycles. The molecule has 12 heavy (non-hydrogen) atoms. The SMILES string of the molecule is CC(CN)N[C@H](C)c1cccs1. The van der Waals surface area contributed by atoms with Crippen LogP contribution in [-0.2, 0) is 0 Å². The van der Waals surface area contributed by atoms with Crippen LogP contribution in [0.2, 0.25) is 0 Å². The van der Waals surface area contributed by atoms with Gasteiger partial charge in [-0.15, -0.1) is 11.3 Å². The van der Waals surface area contributed by atoms with E-state index in [2.05, 4.69) is 36.7 Å². The molecule has 1 aromatic heterocycles. The number of hydrogen-bond acceptors (Lipinski definition) is 3. The van der Waals surface area contributed by atoms with Gasteiger partial charge in [0.2, 0.25) is 0 Å². The lowest BCUT2D eigenvalue weighted by Crippen LogP contribution is -2.34. The Labute approximate surface area is 77.8 Å². The maximum Gasteiger partial charge on any atom is 0.0388 e. The molecule has 1 heterocycles. The minimum atomic E-state index is 0.391. The molecule has 3 N–H and O–H groups in total. The normalized spacial score (nSPS) is 15.9. The van der Waals surface area contributed by atoms with Crippen LogP contribution >= 0.6 is 11.3 Å². The van der Waals surface area contributed by atoms with Crippen molar-refractivity contribution in [2.24, 2.45) is 5.73 Å². The third-order valence-electron chi connectivity index (χ3n) is 1.86. The number of nitrogens with two attached hydrogens (primary N) is 1. The van der Waals surface area contributed by atoms with Crippen LogP contribution in [0.4, 0.5) is 0 Å². The van der Waals surface area contributed by atoms with Gasteiger partial charge in [-0.25, -0.2) is 0 Å². The fraction of sp³-hybridized carbons (Fsp3) is 0.556. The van der Waals surface area contributed by atoms with Crippen LogP contribution in [-0.4, -0.2) is 12.6 Å². The number of hydrogen-bond donors (Lipinski definition) is 2. The van der Waals surface area contributed by atoms with Crippen molar-refractivity contribution in [2.45, 2.75) is 25.9 Å². The predicted octanol–water partition coefficient (Wildman–Crippen LogP) is 1.75. The molecular weight excluding hydrogens is 168 g/mol. The van der Waals surface area contributed by atoms with E-state index in [1.54, 1.807) is 11.3 Å². The summed E-state index contributed by atoms with van der Waals surface area (Å²) < 4.78 is 0. The molecule has 0 aliphatic heterocycles.